The molecule has 0 spiro atoms. The lowest BCUT2D eigenvalue weighted by Crippen LogP contribution is -2.37. The number of imide groups is 1. The average Bonchev–Trinajstić information content (AvgIpc) is 2.83. The molecule has 0 aromatic heterocycles. The number of nitrogens with zero attached hydrogens (tertiary/aromatic N) is 1. The Labute approximate surface area is 150 Å². The van der Waals surface area contributed by atoms with Crippen LogP contribution in [0.2, 0.25) is 0 Å². The van der Waals surface area contributed by atoms with E-state index < -0.39 is 33.4 Å². The van der Waals surface area contributed by atoms with Crippen molar-refractivity contribution in [2.75, 3.05) is 12.3 Å². The minimum Gasteiger partial charge on any atom is -0.273 e. The number of fused-ring (bicyclic) bond motifs is 1. The second-order valence-electron chi connectivity index (χ2n) is 6.08. The Morgan fingerprint density at radius 1 is 1.00 bits per heavy atom. The molecule has 0 fully saturated rings. The van der Waals surface area contributed by atoms with Gasteiger partial charge in [0.15, 0.2) is 0 Å². The number of halogens is 1. The highest BCUT2D eigenvalue weighted by atomic mass is 32.2. The van der Waals surface area contributed by atoms with Crippen molar-refractivity contribution >= 4 is 21.8 Å². The third-order valence-electron chi connectivity index (χ3n) is 4.12. The van der Waals surface area contributed by atoms with Gasteiger partial charge in [0, 0.05) is 13.1 Å². The van der Waals surface area contributed by atoms with E-state index >= 15 is 0 Å². The van der Waals surface area contributed by atoms with Crippen LogP contribution in [0.3, 0.4) is 0 Å². The van der Waals surface area contributed by atoms with Crippen LogP contribution in [0.1, 0.15) is 31.8 Å². The van der Waals surface area contributed by atoms with Crippen molar-refractivity contribution in [3.8, 4) is 0 Å². The molecule has 0 atom stereocenters. The predicted octanol–water partition coefficient (Wildman–Crippen LogP) is 1.85. The van der Waals surface area contributed by atoms with Gasteiger partial charge in [-0.2, -0.15) is 0 Å². The van der Waals surface area contributed by atoms with Crippen LogP contribution in [0.25, 0.3) is 0 Å². The van der Waals surface area contributed by atoms with E-state index in [1.165, 1.54) is 24.3 Å². The standard InChI is InChI=1S/C18H17FN2O4S/c1-12-2-7-15-16(10-12)18(23)21(17(15)22)8-9-26(24,25)20-11-13-3-5-14(19)6-4-13/h2-7,10,20H,8-9,11H2,1H3. The van der Waals surface area contributed by atoms with Crippen LogP contribution >= 0.6 is 0 Å². The fourth-order valence-corrected chi connectivity index (χ4v) is 3.64. The van der Waals surface area contributed by atoms with E-state index in [2.05, 4.69) is 4.72 Å². The summed E-state index contributed by atoms with van der Waals surface area (Å²) in [5.74, 6) is -1.78. The molecule has 2 amide bonds. The molecule has 1 aliphatic rings. The molecule has 0 aliphatic carbocycles. The molecule has 0 saturated carbocycles. The second-order valence-corrected chi connectivity index (χ2v) is 8.00. The molecular formula is C18H17FN2O4S. The van der Waals surface area contributed by atoms with Crippen LogP contribution < -0.4 is 4.72 Å². The quantitative estimate of drug-likeness (QED) is 0.780. The van der Waals surface area contributed by atoms with E-state index in [1.807, 2.05) is 6.92 Å². The molecule has 1 N–H and O–H groups in total. The number of hydrogen-bond donors (Lipinski definition) is 1. The summed E-state index contributed by atoms with van der Waals surface area (Å²) in [6.45, 7) is 1.58. The van der Waals surface area contributed by atoms with E-state index in [0.29, 0.717) is 11.1 Å². The molecule has 8 heteroatoms. The summed E-state index contributed by atoms with van der Waals surface area (Å²) in [6, 6.07) is 10.4. The molecule has 1 aliphatic heterocycles. The third-order valence-corrected chi connectivity index (χ3v) is 5.42. The lowest BCUT2D eigenvalue weighted by molar-refractivity contribution is 0.0664. The van der Waals surface area contributed by atoms with Gasteiger partial charge in [0.25, 0.3) is 11.8 Å². The van der Waals surface area contributed by atoms with E-state index in [4.69, 9.17) is 0 Å². The van der Waals surface area contributed by atoms with Crippen LogP contribution in [-0.2, 0) is 16.6 Å². The molecule has 3 rings (SSSR count). The summed E-state index contributed by atoms with van der Waals surface area (Å²) >= 11 is 0. The van der Waals surface area contributed by atoms with Crippen LogP contribution in [0, 0.1) is 12.7 Å². The molecule has 1 heterocycles. The summed E-state index contributed by atoms with van der Waals surface area (Å²) in [5, 5.41) is 0. The van der Waals surface area contributed by atoms with Gasteiger partial charge in [-0.1, -0.05) is 23.8 Å². The lowest BCUT2D eigenvalue weighted by atomic mass is 10.1. The largest absolute Gasteiger partial charge is 0.273 e. The van der Waals surface area contributed by atoms with Crippen molar-refractivity contribution < 1.29 is 22.4 Å². The Morgan fingerprint density at radius 3 is 2.35 bits per heavy atom. The fraction of sp³-hybridized carbons (Fsp3) is 0.222. The smallest absolute Gasteiger partial charge is 0.261 e. The third kappa shape index (κ3) is 3.81. The number of aryl methyl sites for hydroxylation is 1. The van der Waals surface area contributed by atoms with Gasteiger partial charge in [0.2, 0.25) is 10.0 Å². The van der Waals surface area contributed by atoms with Crippen LogP contribution in [0.4, 0.5) is 4.39 Å². The Hall–Kier alpha value is -2.58. The molecule has 0 bridgehead atoms. The molecule has 6 nitrogen and oxygen atoms in total. The summed E-state index contributed by atoms with van der Waals surface area (Å²) in [4.78, 5) is 25.6. The zero-order chi connectivity index (χ0) is 18.9. The molecule has 2 aromatic rings. The Morgan fingerprint density at radius 2 is 1.65 bits per heavy atom. The minimum absolute atomic E-state index is 0.00390. The SMILES string of the molecule is Cc1ccc2c(c1)C(=O)N(CCS(=O)(=O)NCc1ccc(F)cc1)C2=O. The van der Waals surface area contributed by atoms with Gasteiger partial charge in [0.05, 0.1) is 16.9 Å². The summed E-state index contributed by atoms with van der Waals surface area (Å²) in [6.07, 6.45) is 0. The number of benzene rings is 2. The zero-order valence-electron chi connectivity index (χ0n) is 14.0. The first-order valence-electron chi connectivity index (χ1n) is 7.95. The highest BCUT2D eigenvalue weighted by Gasteiger charge is 2.35. The molecule has 0 radical (unpaired) electrons. The number of rotatable bonds is 6. The predicted molar refractivity (Wildman–Crippen MR) is 93.6 cm³/mol. The van der Waals surface area contributed by atoms with Gasteiger partial charge in [0.1, 0.15) is 5.82 Å². The summed E-state index contributed by atoms with van der Waals surface area (Å²) in [7, 11) is -3.71. The number of nitrogens with one attached hydrogen (secondary N) is 1. The normalized spacial score (nSPS) is 14.0. The molecule has 26 heavy (non-hydrogen) atoms. The first kappa shape index (κ1) is 18.2. The van der Waals surface area contributed by atoms with E-state index in [-0.39, 0.29) is 18.7 Å². The van der Waals surface area contributed by atoms with Gasteiger partial charge < -0.3 is 0 Å². The topological polar surface area (TPSA) is 83.6 Å². The monoisotopic (exact) mass is 376 g/mol. The molecule has 136 valence electrons. The van der Waals surface area contributed by atoms with Crippen molar-refractivity contribution in [2.45, 2.75) is 13.5 Å². The Bertz CT molecular complexity index is 971. The number of sulfonamides is 1. The molecule has 2 aromatic carbocycles. The van der Waals surface area contributed by atoms with E-state index in [9.17, 15) is 22.4 Å². The lowest BCUT2D eigenvalue weighted by Gasteiger charge is -2.14. The first-order chi connectivity index (χ1) is 12.3. The fourth-order valence-electron chi connectivity index (χ4n) is 2.69. The maximum absolute atomic E-state index is 12.9. The van der Waals surface area contributed by atoms with Gasteiger partial charge in [-0.25, -0.2) is 17.5 Å². The van der Waals surface area contributed by atoms with Gasteiger partial charge in [-0.05, 0) is 36.8 Å². The number of hydrogen-bond acceptors (Lipinski definition) is 4. The van der Waals surface area contributed by atoms with Crippen LogP contribution in [0.5, 0.6) is 0 Å². The molecule has 0 saturated heterocycles. The van der Waals surface area contributed by atoms with Crippen molar-refractivity contribution in [1.29, 1.82) is 0 Å². The highest BCUT2D eigenvalue weighted by molar-refractivity contribution is 7.89. The van der Waals surface area contributed by atoms with Gasteiger partial charge in [-0.3, -0.25) is 14.5 Å². The summed E-state index contributed by atoms with van der Waals surface area (Å²) < 4.78 is 39.5. The van der Waals surface area contributed by atoms with Crippen molar-refractivity contribution in [3.63, 3.8) is 0 Å². The van der Waals surface area contributed by atoms with E-state index in [0.717, 1.165) is 10.5 Å². The maximum Gasteiger partial charge on any atom is 0.261 e. The zero-order valence-corrected chi connectivity index (χ0v) is 14.8. The molecule has 0 unspecified atom stereocenters. The van der Waals surface area contributed by atoms with Crippen LogP contribution in [0.15, 0.2) is 42.5 Å². The Balaban J connectivity index is 1.62. The second kappa shape index (κ2) is 6.97. The maximum atomic E-state index is 12.9. The summed E-state index contributed by atoms with van der Waals surface area (Å²) in [5.41, 5.74) is 2.04. The number of amides is 2. The number of carbonyl (C=O) groups excluding carboxylic acids is 2. The van der Waals surface area contributed by atoms with Crippen LogP contribution in [-0.4, -0.2) is 37.4 Å². The average molecular weight is 376 g/mol. The van der Waals surface area contributed by atoms with Crippen molar-refractivity contribution in [3.05, 3.63) is 70.5 Å². The van der Waals surface area contributed by atoms with Crippen molar-refractivity contribution in [2.24, 2.45) is 0 Å². The van der Waals surface area contributed by atoms with Gasteiger partial charge >= 0.3 is 0 Å². The van der Waals surface area contributed by atoms with Gasteiger partial charge in [-0.15, -0.1) is 0 Å². The van der Waals surface area contributed by atoms with E-state index in [1.54, 1.807) is 18.2 Å². The molecular weight excluding hydrogens is 359 g/mol. The number of carbonyl (C=O) groups is 2. The highest BCUT2D eigenvalue weighted by Crippen LogP contribution is 2.23. The minimum atomic E-state index is -3.71. The first-order valence-corrected chi connectivity index (χ1v) is 9.61. The van der Waals surface area contributed by atoms with Crippen molar-refractivity contribution in [1.82, 2.24) is 9.62 Å². The Kier molecular flexibility index (Phi) is 4.88.